The molecule has 0 bridgehead atoms. The molecule has 0 fully saturated rings. The van der Waals surface area contributed by atoms with Crippen molar-refractivity contribution in [1.29, 1.82) is 0 Å². The molecule has 1 heterocycles. The smallest absolute Gasteiger partial charge is 0.0442 e. The van der Waals surface area contributed by atoms with Crippen molar-refractivity contribution < 1.29 is 0 Å². The van der Waals surface area contributed by atoms with E-state index >= 15 is 0 Å². The fraction of sp³-hybridized carbons (Fsp3) is 0.458. The van der Waals surface area contributed by atoms with E-state index < -0.39 is 0 Å². The number of hydrogen-bond acceptors (Lipinski definition) is 4. The highest BCUT2D eigenvalue weighted by molar-refractivity contribution is 6.32. The van der Waals surface area contributed by atoms with Crippen molar-refractivity contribution in [3.8, 4) is 0 Å². The van der Waals surface area contributed by atoms with Gasteiger partial charge in [0.25, 0.3) is 0 Å². The Morgan fingerprint density at radius 1 is 1.21 bits per heavy atom. The lowest BCUT2D eigenvalue weighted by atomic mass is 9.87. The summed E-state index contributed by atoms with van der Waals surface area (Å²) in [5.74, 6) is 0.337. The Balaban J connectivity index is 0.00000145. The molecule has 4 N–H and O–H groups in total. The van der Waals surface area contributed by atoms with Crippen LogP contribution in [0.4, 0.5) is 5.69 Å². The Labute approximate surface area is 181 Å². The number of rotatable bonds is 4. The summed E-state index contributed by atoms with van der Waals surface area (Å²) in [5.41, 5.74) is 14.0. The summed E-state index contributed by atoms with van der Waals surface area (Å²) in [6, 6.07) is 8.50. The molecule has 3 atom stereocenters. The van der Waals surface area contributed by atoms with Crippen LogP contribution in [0.15, 0.2) is 63.9 Å². The van der Waals surface area contributed by atoms with Crippen LogP contribution in [0.1, 0.15) is 47.1 Å². The number of hydrogen-bond donors (Lipinski definition) is 3. The Morgan fingerprint density at radius 3 is 2.41 bits per heavy atom. The van der Waals surface area contributed by atoms with Gasteiger partial charge in [-0.1, -0.05) is 71.4 Å². The summed E-state index contributed by atoms with van der Waals surface area (Å²) in [6.07, 6.45) is 7.93. The maximum absolute atomic E-state index is 6.48. The van der Waals surface area contributed by atoms with Crippen molar-refractivity contribution in [2.45, 2.75) is 53.0 Å². The van der Waals surface area contributed by atoms with Crippen molar-refractivity contribution in [1.82, 2.24) is 5.43 Å². The monoisotopic (exact) mass is 414 g/mol. The van der Waals surface area contributed by atoms with Crippen LogP contribution >= 0.6 is 11.6 Å². The van der Waals surface area contributed by atoms with Crippen molar-refractivity contribution in [2.75, 3.05) is 11.9 Å². The minimum Gasteiger partial charge on any atom is -0.358 e. The first kappa shape index (κ1) is 23.2. The summed E-state index contributed by atoms with van der Waals surface area (Å²) in [7, 11) is 0. The van der Waals surface area contributed by atoms with Crippen LogP contribution in [0.2, 0.25) is 0 Å². The average Bonchev–Trinajstić information content (AvgIpc) is 3.23. The molecule has 0 radical (unpaired) electrons. The molecule has 3 rings (SSSR count). The molecule has 1 aliphatic heterocycles. The van der Waals surface area contributed by atoms with Crippen LogP contribution in [0.25, 0.3) is 0 Å². The summed E-state index contributed by atoms with van der Waals surface area (Å²) in [5, 5.41) is 8.34. The molecule has 1 aromatic rings. The number of halogens is 1. The van der Waals surface area contributed by atoms with Crippen LogP contribution in [0.3, 0.4) is 0 Å². The van der Waals surface area contributed by atoms with Crippen LogP contribution in [-0.2, 0) is 5.41 Å². The second-order valence-electron chi connectivity index (χ2n) is 8.31. The minimum atomic E-state index is -0.117. The fourth-order valence-electron chi connectivity index (χ4n) is 3.30. The molecule has 0 amide bonds. The fourth-order valence-corrected chi connectivity index (χ4v) is 3.59. The highest BCUT2D eigenvalue weighted by Gasteiger charge is 2.24. The van der Waals surface area contributed by atoms with Gasteiger partial charge in [-0.3, -0.25) is 0 Å². The predicted octanol–water partition coefficient (Wildman–Crippen LogP) is 5.54. The van der Waals surface area contributed by atoms with E-state index in [-0.39, 0.29) is 23.3 Å². The standard InChI is InChI=1S/C22H29ClN4.C2H6/c1-14-18(11-20(24)15-12-25-26-13-15)19(23)9-10-21(14)27-17-7-5-16(6-8-17)22(2,3)4;1-2/h5-12,14-15,20,26-27H,13,24H2,1-4H3;1-2H3/b18-11+;/t14-,15?,20?;/m1./s1. The van der Waals surface area contributed by atoms with E-state index in [1.54, 1.807) is 0 Å². The number of nitrogens with two attached hydrogens (primary N) is 1. The third-order valence-electron chi connectivity index (χ3n) is 5.21. The highest BCUT2D eigenvalue weighted by atomic mass is 35.5. The highest BCUT2D eigenvalue weighted by Crippen LogP contribution is 2.34. The van der Waals surface area contributed by atoms with Gasteiger partial charge < -0.3 is 16.5 Å². The molecule has 158 valence electrons. The topological polar surface area (TPSA) is 62.4 Å². The van der Waals surface area contributed by atoms with Gasteiger partial charge in [0.1, 0.15) is 0 Å². The summed E-state index contributed by atoms with van der Waals surface area (Å²) >= 11 is 6.48. The molecular weight excluding hydrogens is 380 g/mol. The molecule has 0 spiro atoms. The van der Waals surface area contributed by atoms with Gasteiger partial charge in [-0.15, -0.1) is 0 Å². The molecular formula is C24H35ClN4. The second-order valence-corrected chi connectivity index (χ2v) is 8.72. The molecule has 2 aliphatic rings. The Kier molecular flexibility index (Phi) is 8.12. The van der Waals surface area contributed by atoms with Gasteiger partial charge in [0.05, 0.1) is 0 Å². The molecule has 1 aliphatic carbocycles. The lowest BCUT2D eigenvalue weighted by Crippen LogP contribution is -2.32. The van der Waals surface area contributed by atoms with Gasteiger partial charge >= 0.3 is 0 Å². The van der Waals surface area contributed by atoms with Gasteiger partial charge in [-0.25, -0.2) is 0 Å². The van der Waals surface area contributed by atoms with Gasteiger partial charge in [-0.05, 0) is 40.8 Å². The molecule has 5 heteroatoms. The van der Waals surface area contributed by atoms with Crippen LogP contribution in [0, 0.1) is 11.8 Å². The van der Waals surface area contributed by atoms with E-state index in [0.29, 0.717) is 0 Å². The molecule has 4 nitrogen and oxygen atoms in total. The van der Waals surface area contributed by atoms with E-state index in [1.807, 2.05) is 32.2 Å². The number of hydrazone groups is 1. The second kappa shape index (κ2) is 10.1. The number of allylic oxidation sites excluding steroid dienone is 4. The van der Waals surface area contributed by atoms with Gasteiger partial charge in [-0.2, -0.15) is 5.10 Å². The average molecular weight is 415 g/mol. The molecule has 1 aromatic carbocycles. The SMILES string of the molecule is CC.C[C@H]1C(Nc2ccc(C(C)(C)C)cc2)=CC=C(Cl)/C1=C/C(N)C1C=NNC1. The molecule has 0 saturated heterocycles. The largest absolute Gasteiger partial charge is 0.358 e. The first-order valence-electron chi connectivity index (χ1n) is 10.4. The number of nitrogens with zero attached hydrogens (tertiary/aromatic N) is 1. The maximum Gasteiger partial charge on any atom is 0.0442 e. The van der Waals surface area contributed by atoms with Crippen LogP contribution in [0.5, 0.6) is 0 Å². The zero-order chi connectivity index (χ0) is 21.6. The minimum absolute atomic E-state index is 0.117. The van der Waals surface area contributed by atoms with Crippen molar-refractivity contribution in [3.05, 3.63) is 64.4 Å². The van der Waals surface area contributed by atoms with E-state index in [1.165, 1.54) is 5.56 Å². The summed E-state index contributed by atoms with van der Waals surface area (Å²) in [6.45, 7) is 13.6. The quantitative estimate of drug-likeness (QED) is 0.606. The van der Waals surface area contributed by atoms with Crippen LogP contribution in [-0.4, -0.2) is 18.8 Å². The van der Waals surface area contributed by atoms with E-state index in [4.69, 9.17) is 17.3 Å². The zero-order valence-corrected chi connectivity index (χ0v) is 19.2. The number of benzene rings is 1. The predicted molar refractivity (Wildman–Crippen MR) is 127 cm³/mol. The van der Waals surface area contributed by atoms with Gasteiger partial charge in [0.15, 0.2) is 0 Å². The Hall–Kier alpha value is -2.04. The summed E-state index contributed by atoms with van der Waals surface area (Å²) < 4.78 is 0. The first-order chi connectivity index (χ1) is 13.8. The van der Waals surface area contributed by atoms with Crippen molar-refractivity contribution in [3.63, 3.8) is 0 Å². The molecule has 2 unspecified atom stereocenters. The summed E-state index contributed by atoms with van der Waals surface area (Å²) in [4.78, 5) is 0. The number of nitrogens with one attached hydrogen (secondary N) is 2. The Bertz CT molecular complexity index is 797. The molecule has 29 heavy (non-hydrogen) atoms. The van der Waals surface area contributed by atoms with E-state index in [0.717, 1.165) is 28.5 Å². The Morgan fingerprint density at radius 2 is 1.86 bits per heavy atom. The first-order valence-corrected chi connectivity index (χ1v) is 10.8. The van der Waals surface area contributed by atoms with Crippen molar-refractivity contribution in [2.24, 2.45) is 22.7 Å². The van der Waals surface area contributed by atoms with Gasteiger partial charge in [0.2, 0.25) is 0 Å². The third-order valence-corrected chi connectivity index (χ3v) is 5.55. The van der Waals surface area contributed by atoms with E-state index in [2.05, 4.69) is 73.9 Å². The number of anilines is 1. The molecule has 0 aromatic heterocycles. The third kappa shape index (κ3) is 5.97. The van der Waals surface area contributed by atoms with E-state index in [9.17, 15) is 0 Å². The van der Waals surface area contributed by atoms with Gasteiger partial charge in [0, 0.05) is 47.1 Å². The maximum atomic E-state index is 6.48. The van der Waals surface area contributed by atoms with Crippen molar-refractivity contribution >= 4 is 23.5 Å². The lowest BCUT2D eigenvalue weighted by molar-refractivity contribution is 0.590. The lowest BCUT2D eigenvalue weighted by Gasteiger charge is -2.26. The normalized spacial score (nSPS) is 23.5. The molecule has 0 saturated carbocycles. The zero-order valence-electron chi connectivity index (χ0n) is 18.5. The van der Waals surface area contributed by atoms with Crippen LogP contribution < -0.4 is 16.5 Å².